The second kappa shape index (κ2) is 6.22. The standard InChI is InChI=1S/C14H18N2O3/c1-11(19-12-6-3-2-4-7-12)14(18)16-9-5-8-15-13(17)10-16/h2-4,6-7,11H,5,8-10H2,1H3,(H,15,17). The van der Waals surface area contributed by atoms with E-state index in [0.717, 1.165) is 6.42 Å². The molecule has 0 spiro atoms. The Morgan fingerprint density at radius 2 is 2.11 bits per heavy atom. The van der Waals surface area contributed by atoms with Crippen molar-refractivity contribution in [3.05, 3.63) is 30.3 Å². The van der Waals surface area contributed by atoms with Gasteiger partial charge in [-0.05, 0) is 25.5 Å². The van der Waals surface area contributed by atoms with Crippen LogP contribution in [0.2, 0.25) is 0 Å². The maximum absolute atomic E-state index is 12.2. The number of nitrogens with one attached hydrogen (secondary N) is 1. The molecule has 1 saturated heterocycles. The normalized spacial score (nSPS) is 17.3. The van der Waals surface area contributed by atoms with Crippen LogP contribution in [0.5, 0.6) is 5.75 Å². The van der Waals surface area contributed by atoms with Crippen molar-refractivity contribution in [1.29, 1.82) is 0 Å². The first-order valence-corrected chi connectivity index (χ1v) is 6.44. The highest BCUT2D eigenvalue weighted by molar-refractivity contribution is 5.87. The first-order valence-electron chi connectivity index (χ1n) is 6.44. The molecule has 1 atom stereocenters. The summed E-state index contributed by atoms with van der Waals surface area (Å²) in [6.45, 7) is 3.02. The van der Waals surface area contributed by atoms with Crippen LogP contribution in [-0.2, 0) is 9.59 Å². The van der Waals surface area contributed by atoms with E-state index in [2.05, 4.69) is 5.32 Å². The minimum Gasteiger partial charge on any atom is -0.481 e. The van der Waals surface area contributed by atoms with Crippen LogP contribution in [0.4, 0.5) is 0 Å². The molecule has 0 radical (unpaired) electrons. The Labute approximate surface area is 112 Å². The van der Waals surface area contributed by atoms with Crippen molar-refractivity contribution < 1.29 is 14.3 Å². The van der Waals surface area contributed by atoms with E-state index in [1.807, 2.05) is 18.2 Å². The van der Waals surface area contributed by atoms with Gasteiger partial charge in [0.15, 0.2) is 6.10 Å². The van der Waals surface area contributed by atoms with Crippen LogP contribution in [0.3, 0.4) is 0 Å². The molecule has 19 heavy (non-hydrogen) atoms. The molecule has 1 unspecified atom stereocenters. The van der Waals surface area contributed by atoms with E-state index < -0.39 is 6.10 Å². The molecule has 0 saturated carbocycles. The number of hydrogen-bond acceptors (Lipinski definition) is 3. The van der Waals surface area contributed by atoms with Crippen LogP contribution in [-0.4, -0.2) is 42.5 Å². The number of carbonyl (C=O) groups is 2. The predicted molar refractivity (Wildman–Crippen MR) is 70.7 cm³/mol. The molecule has 2 rings (SSSR count). The summed E-state index contributed by atoms with van der Waals surface area (Å²) in [5.74, 6) is 0.390. The van der Waals surface area contributed by atoms with Gasteiger partial charge in [-0.25, -0.2) is 0 Å². The summed E-state index contributed by atoms with van der Waals surface area (Å²) in [6.07, 6.45) is 0.184. The van der Waals surface area contributed by atoms with Gasteiger partial charge in [-0.15, -0.1) is 0 Å². The molecule has 1 aromatic rings. The molecule has 5 heteroatoms. The summed E-state index contributed by atoms with van der Waals surface area (Å²) in [4.78, 5) is 25.2. The van der Waals surface area contributed by atoms with Crippen LogP contribution in [0.1, 0.15) is 13.3 Å². The summed E-state index contributed by atoms with van der Waals surface area (Å²) >= 11 is 0. The number of nitrogens with zero attached hydrogens (tertiary/aromatic N) is 1. The van der Waals surface area contributed by atoms with Crippen LogP contribution >= 0.6 is 0 Å². The molecule has 5 nitrogen and oxygen atoms in total. The molecule has 1 N–H and O–H groups in total. The average molecular weight is 262 g/mol. The minimum absolute atomic E-state index is 0.112. The second-order valence-electron chi connectivity index (χ2n) is 4.54. The lowest BCUT2D eigenvalue weighted by Crippen LogP contribution is -2.43. The van der Waals surface area contributed by atoms with Gasteiger partial charge in [0.05, 0.1) is 6.54 Å². The molecule has 1 aromatic carbocycles. The summed E-state index contributed by atoms with van der Waals surface area (Å²) in [5.41, 5.74) is 0. The van der Waals surface area contributed by atoms with E-state index in [0.29, 0.717) is 18.8 Å². The topological polar surface area (TPSA) is 58.6 Å². The SMILES string of the molecule is CC(Oc1ccccc1)C(=O)N1CCCNC(=O)C1. The number of hydrogen-bond donors (Lipinski definition) is 1. The first-order chi connectivity index (χ1) is 9.16. The van der Waals surface area contributed by atoms with Crippen molar-refractivity contribution in [2.75, 3.05) is 19.6 Å². The van der Waals surface area contributed by atoms with Gasteiger partial charge in [-0.3, -0.25) is 9.59 Å². The highest BCUT2D eigenvalue weighted by atomic mass is 16.5. The van der Waals surface area contributed by atoms with Crippen molar-refractivity contribution in [3.8, 4) is 5.75 Å². The third-order valence-electron chi connectivity index (χ3n) is 2.98. The van der Waals surface area contributed by atoms with Crippen molar-refractivity contribution >= 4 is 11.8 Å². The third-order valence-corrected chi connectivity index (χ3v) is 2.98. The summed E-state index contributed by atoms with van der Waals surface area (Å²) < 4.78 is 5.58. The van der Waals surface area contributed by atoms with Crippen LogP contribution in [0.25, 0.3) is 0 Å². The lowest BCUT2D eigenvalue weighted by Gasteiger charge is -2.23. The zero-order chi connectivity index (χ0) is 13.7. The molecule has 1 aliphatic heterocycles. The summed E-state index contributed by atoms with van der Waals surface area (Å²) in [5, 5.41) is 2.74. The van der Waals surface area contributed by atoms with E-state index in [1.54, 1.807) is 24.0 Å². The Hall–Kier alpha value is -2.04. The minimum atomic E-state index is -0.590. The largest absolute Gasteiger partial charge is 0.481 e. The highest BCUT2D eigenvalue weighted by Gasteiger charge is 2.25. The Morgan fingerprint density at radius 3 is 2.84 bits per heavy atom. The molecule has 102 valence electrons. The number of carbonyl (C=O) groups excluding carboxylic acids is 2. The molecule has 1 fully saturated rings. The number of amides is 2. The van der Waals surface area contributed by atoms with Crippen LogP contribution in [0.15, 0.2) is 30.3 Å². The van der Waals surface area contributed by atoms with Gasteiger partial charge in [0.25, 0.3) is 5.91 Å². The second-order valence-corrected chi connectivity index (χ2v) is 4.54. The van der Waals surface area contributed by atoms with E-state index in [9.17, 15) is 9.59 Å². The van der Waals surface area contributed by atoms with E-state index in [-0.39, 0.29) is 18.4 Å². The van der Waals surface area contributed by atoms with Gasteiger partial charge in [0.1, 0.15) is 5.75 Å². The maximum atomic E-state index is 12.2. The van der Waals surface area contributed by atoms with Gasteiger partial charge in [0.2, 0.25) is 5.91 Å². The molecule has 0 aliphatic carbocycles. The first kappa shape index (κ1) is 13.4. The fourth-order valence-corrected chi connectivity index (χ4v) is 2.00. The number of benzene rings is 1. The molecule has 1 aliphatic rings. The Bertz CT molecular complexity index is 447. The molecule has 0 aromatic heterocycles. The maximum Gasteiger partial charge on any atom is 0.263 e. The van der Waals surface area contributed by atoms with Crippen LogP contribution in [0, 0.1) is 0 Å². The Balaban J connectivity index is 1.96. The summed E-state index contributed by atoms with van der Waals surface area (Å²) in [7, 11) is 0. The fraction of sp³-hybridized carbons (Fsp3) is 0.429. The van der Waals surface area contributed by atoms with E-state index in [4.69, 9.17) is 4.74 Å². The Morgan fingerprint density at radius 1 is 1.37 bits per heavy atom. The highest BCUT2D eigenvalue weighted by Crippen LogP contribution is 2.12. The third kappa shape index (κ3) is 3.71. The monoisotopic (exact) mass is 262 g/mol. The van der Waals surface area contributed by atoms with Crippen molar-refractivity contribution in [2.45, 2.75) is 19.4 Å². The molecule has 0 bridgehead atoms. The molecular formula is C14H18N2O3. The molecule has 2 amide bonds. The van der Waals surface area contributed by atoms with Crippen molar-refractivity contribution in [2.24, 2.45) is 0 Å². The van der Waals surface area contributed by atoms with Gasteiger partial charge in [-0.1, -0.05) is 18.2 Å². The van der Waals surface area contributed by atoms with Gasteiger partial charge in [-0.2, -0.15) is 0 Å². The van der Waals surface area contributed by atoms with E-state index in [1.165, 1.54) is 0 Å². The predicted octanol–water partition coefficient (Wildman–Crippen LogP) is 0.802. The summed E-state index contributed by atoms with van der Waals surface area (Å²) in [6, 6.07) is 9.20. The van der Waals surface area contributed by atoms with E-state index >= 15 is 0 Å². The fourth-order valence-electron chi connectivity index (χ4n) is 2.00. The number of ether oxygens (including phenoxy) is 1. The lowest BCUT2D eigenvalue weighted by atomic mass is 10.3. The van der Waals surface area contributed by atoms with Gasteiger partial charge < -0.3 is 15.0 Å². The average Bonchev–Trinajstić information content (AvgIpc) is 2.63. The van der Waals surface area contributed by atoms with Crippen LogP contribution < -0.4 is 10.1 Å². The molecular weight excluding hydrogens is 244 g/mol. The zero-order valence-electron chi connectivity index (χ0n) is 11.0. The van der Waals surface area contributed by atoms with Crippen molar-refractivity contribution in [1.82, 2.24) is 10.2 Å². The quantitative estimate of drug-likeness (QED) is 0.876. The smallest absolute Gasteiger partial charge is 0.263 e. The Kier molecular flexibility index (Phi) is 4.39. The number of para-hydroxylation sites is 1. The van der Waals surface area contributed by atoms with Crippen molar-refractivity contribution in [3.63, 3.8) is 0 Å². The van der Waals surface area contributed by atoms with Gasteiger partial charge in [0, 0.05) is 13.1 Å². The lowest BCUT2D eigenvalue weighted by molar-refractivity contribution is -0.140. The van der Waals surface area contributed by atoms with Gasteiger partial charge >= 0.3 is 0 Å². The number of rotatable bonds is 3. The zero-order valence-corrected chi connectivity index (χ0v) is 11.0. The molecule has 1 heterocycles.